The molecule has 1 aromatic carbocycles. The molecular formula is C19H24FN3O2. The van der Waals surface area contributed by atoms with Crippen LogP contribution in [0.4, 0.5) is 4.39 Å². The first-order valence-electron chi connectivity index (χ1n) is 8.83. The Morgan fingerprint density at radius 3 is 2.92 bits per heavy atom. The van der Waals surface area contributed by atoms with Crippen molar-refractivity contribution >= 4 is 5.91 Å². The molecule has 3 rings (SSSR count). The monoisotopic (exact) mass is 345 g/mol. The van der Waals surface area contributed by atoms with E-state index in [1.807, 2.05) is 4.90 Å². The Hall–Kier alpha value is -2.13. The molecule has 2 aliphatic rings. The van der Waals surface area contributed by atoms with Gasteiger partial charge in [0, 0.05) is 19.0 Å². The number of hydrogen-bond acceptors (Lipinski definition) is 4. The number of nitrogens with zero attached hydrogens (tertiary/aromatic N) is 2. The third-order valence-electron chi connectivity index (χ3n) is 5.63. The Morgan fingerprint density at radius 1 is 1.44 bits per heavy atom. The molecule has 6 heteroatoms. The maximum Gasteiger partial charge on any atom is 0.223 e. The standard InChI is InChI=1S/C19H24FN3O2/c1-19(4-6-22-7-5-19)15-11-18(24)23(13-15)8-9-25-16-2-3-17(20)14(10-16)12-21/h2-3,10,15,22H,4-9,11,13H2,1H3. The second-order valence-corrected chi connectivity index (χ2v) is 7.25. The minimum absolute atomic E-state index is 0.0337. The van der Waals surface area contributed by atoms with E-state index in [0.717, 1.165) is 32.5 Å². The maximum atomic E-state index is 13.3. The predicted octanol–water partition coefficient (Wildman–Crippen LogP) is 2.31. The first-order valence-corrected chi connectivity index (χ1v) is 8.83. The SMILES string of the molecule is CC1(C2CC(=O)N(CCOc3ccc(F)c(C#N)c3)C2)CCNCC1. The highest BCUT2D eigenvalue weighted by molar-refractivity contribution is 5.78. The highest BCUT2D eigenvalue weighted by Crippen LogP contribution is 2.41. The lowest BCUT2D eigenvalue weighted by Gasteiger charge is -2.39. The summed E-state index contributed by atoms with van der Waals surface area (Å²) < 4.78 is 18.9. The Morgan fingerprint density at radius 2 is 2.20 bits per heavy atom. The number of nitriles is 1. The van der Waals surface area contributed by atoms with Crippen LogP contribution in [0, 0.1) is 28.5 Å². The zero-order valence-electron chi connectivity index (χ0n) is 14.6. The summed E-state index contributed by atoms with van der Waals surface area (Å²) in [6.07, 6.45) is 2.84. The number of amides is 1. The van der Waals surface area contributed by atoms with E-state index in [1.54, 1.807) is 6.07 Å². The van der Waals surface area contributed by atoms with Crippen molar-refractivity contribution in [2.75, 3.05) is 32.8 Å². The van der Waals surface area contributed by atoms with Gasteiger partial charge in [0.2, 0.25) is 5.91 Å². The van der Waals surface area contributed by atoms with Crippen LogP contribution in [0.15, 0.2) is 18.2 Å². The van der Waals surface area contributed by atoms with Crippen molar-refractivity contribution in [2.24, 2.45) is 11.3 Å². The molecule has 1 amide bonds. The van der Waals surface area contributed by atoms with E-state index in [0.29, 0.717) is 31.2 Å². The van der Waals surface area contributed by atoms with Gasteiger partial charge in [0.05, 0.1) is 12.1 Å². The molecule has 1 unspecified atom stereocenters. The third kappa shape index (κ3) is 3.93. The van der Waals surface area contributed by atoms with Crippen LogP contribution >= 0.6 is 0 Å². The Kier molecular flexibility index (Phi) is 5.24. The molecule has 2 saturated heterocycles. The number of nitrogens with one attached hydrogen (secondary N) is 1. The number of hydrogen-bond donors (Lipinski definition) is 1. The van der Waals surface area contributed by atoms with Crippen LogP contribution in [0.5, 0.6) is 5.75 Å². The number of benzene rings is 1. The molecule has 0 saturated carbocycles. The van der Waals surface area contributed by atoms with E-state index in [-0.39, 0.29) is 16.9 Å². The number of rotatable bonds is 5. The number of halogens is 1. The lowest BCUT2D eigenvalue weighted by atomic mass is 9.70. The van der Waals surface area contributed by atoms with Crippen LogP contribution in [0.3, 0.4) is 0 Å². The van der Waals surface area contributed by atoms with Crippen molar-refractivity contribution in [3.05, 3.63) is 29.6 Å². The Bertz CT molecular complexity index is 680. The molecule has 0 aliphatic carbocycles. The number of carbonyl (C=O) groups excluding carboxylic acids is 1. The molecule has 0 radical (unpaired) electrons. The maximum absolute atomic E-state index is 13.3. The average Bonchev–Trinajstić information content (AvgIpc) is 2.99. The molecule has 1 atom stereocenters. The lowest BCUT2D eigenvalue weighted by molar-refractivity contribution is -0.128. The molecule has 0 spiro atoms. The van der Waals surface area contributed by atoms with Gasteiger partial charge in [-0.05, 0) is 49.4 Å². The summed E-state index contributed by atoms with van der Waals surface area (Å²) in [6, 6.07) is 5.91. The molecule has 1 N–H and O–H groups in total. The van der Waals surface area contributed by atoms with Crippen LogP contribution in [0.2, 0.25) is 0 Å². The van der Waals surface area contributed by atoms with Gasteiger partial charge in [0.15, 0.2) is 0 Å². The van der Waals surface area contributed by atoms with E-state index in [2.05, 4.69) is 12.2 Å². The zero-order chi connectivity index (χ0) is 17.9. The molecule has 5 nitrogen and oxygen atoms in total. The van der Waals surface area contributed by atoms with Crippen molar-refractivity contribution < 1.29 is 13.9 Å². The first kappa shape index (κ1) is 17.7. The minimum Gasteiger partial charge on any atom is -0.492 e. The highest BCUT2D eigenvalue weighted by Gasteiger charge is 2.42. The summed E-state index contributed by atoms with van der Waals surface area (Å²) in [5.41, 5.74) is 0.198. The zero-order valence-corrected chi connectivity index (χ0v) is 14.6. The van der Waals surface area contributed by atoms with Crippen LogP contribution in [0.25, 0.3) is 0 Å². The normalized spacial score (nSPS) is 22.7. The van der Waals surface area contributed by atoms with Gasteiger partial charge in [-0.3, -0.25) is 4.79 Å². The fourth-order valence-corrected chi connectivity index (χ4v) is 3.81. The van der Waals surface area contributed by atoms with Gasteiger partial charge in [-0.25, -0.2) is 4.39 Å². The van der Waals surface area contributed by atoms with Crippen molar-refractivity contribution in [1.82, 2.24) is 10.2 Å². The Labute approximate surface area is 147 Å². The van der Waals surface area contributed by atoms with Crippen molar-refractivity contribution in [3.8, 4) is 11.8 Å². The van der Waals surface area contributed by atoms with Crippen molar-refractivity contribution in [2.45, 2.75) is 26.2 Å². The fraction of sp³-hybridized carbons (Fsp3) is 0.579. The first-order chi connectivity index (χ1) is 12.0. The fourth-order valence-electron chi connectivity index (χ4n) is 3.81. The summed E-state index contributed by atoms with van der Waals surface area (Å²) in [4.78, 5) is 14.2. The molecule has 0 bridgehead atoms. The highest BCUT2D eigenvalue weighted by atomic mass is 19.1. The van der Waals surface area contributed by atoms with Gasteiger partial charge in [-0.15, -0.1) is 0 Å². The molecule has 25 heavy (non-hydrogen) atoms. The second kappa shape index (κ2) is 7.40. The van der Waals surface area contributed by atoms with Crippen LogP contribution in [-0.4, -0.2) is 43.6 Å². The van der Waals surface area contributed by atoms with Gasteiger partial charge in [0.1, 0.15) is 24.2 Å². The van der Waals surface area contributed by atoms with Gasteiger partial charge in [0.25, 0.3) is 0 Å². The molecule has 2 aliphatic heterocycles. The van der Waals surface area contributed by atoms with E-state index >= 15 is 0 Å². The van der Waals surface area contributed by atoms with Gasteiger partial charge < -0.3 is 15.0 Å². The number of ether oxygens (including phenoxy) is 1. The van der Waals surface area contributed by atoms with Gasteiger partial charge in [-0.2, -0.15) is 5.26 Å². The average molecular weight is 345 g/mol. The minimum atomic E-state index is -0.553. The van der Waals surface area contributed by atoms with E-state index in [1.165, 1.54) is 18.2 Å². The van der Waals surface area contributed by atoms with Gasteiger partial charge >= 0.3 is 0 Å². The largest absolute Gasteiger partial charge is 0.492 e. The molecular weight excluding hydrogens is 321 g/mol. The van der Waals surface area contributed by atoms with Crippen molar-refractivity contribution in [1.29, 1.82) is 5.26 Å². The lowest BCUT2D eigenvalue weighted by Crippen LogP contribution is -2.41. The topological polar surface area (TPSA) is 65.4 Å². The molecule has 2 fully saturated rings. The predicted molar refractivity (Wildman–Crippen MR) is 91.5 cm³/mol. The second-order valence-electron chi connectivity index (χ2n) is 7.25. The van der Waals surface area contributed by atoms with Crippen LogP contribution in [-0.2, 0) is 4.79 Å². The summed E-state index contributed by atoms with van der Waals surface area (Å²) in [7, 11) is 0. The molecule has 2 heterocycles. The molecule has 134 valence electrons. The summed E-state index contributed by atoms with van der Waals surface area (Å²) in [5, 5.41) is 12.2. The number of piperidine rings is 1. The quantitative estimate of drug-likeness (QED) is 0.889. The third-order valence-corrected chi connectivity index (χ3v) is 5.63. The molecule has 0 aromatic heterocycles. The van der Waals surface area contributed by atoms with Crippen molar-refractivity contribution in [3.63, 3.8) is 0 Å². The van der Waals surface area contributed by atoms with E-state index in [9.17, 15) is 9.18 Å². The van der Waals surface area contributed by atoms with E-state index in [4.69, 9.17) is 10.00 Å². The number of carbonyl (C=O) groups is 1. The summed E-state index contributed by atoms with van der Waals surface area (Å²) in [6.45, 7) is 5.99. The van der Waals surface area contributed by atoms with E-state index < -0.39 is 5.82 Å². The number of likely N-dealkylation sites (tertiary alicyclic amines) is 1. The summed E-state index contributed by atoms with van der Waals surface area (Å²) >= 11 is 0. The van der Waals surface area contributed by atoms with Gasteiger partial charge in [-0.1, -0.05) is 6.92 Å². The molecule has 1 aromatic rings. The smallest absolute Gasteiger partial charge is 0.223 e. The summed E-state index contributed by atoms with van der Waals surface area (Å²) in [5.74, 6) is 0.484. The van der Waals surface area contributed by atoms with Crippen LogP contribution < -0.4 is 10.1 Å². The Balaban J connectivity index is 1.52. The van der Waals surface area contributed by atoms with Crippen LogP contribution in [0.1, 0.15) is 31.7 Å².